The van der Waals surface area contributed by atoms with E-state index in [1.165, 1.54) is 18.2 Å². The normalized spacial score (nSPS) is 17.9. The van der Waals surface area contributed by atoms with Crippen molar-refractivity contribution in [3.63, 3.8) is 0 Å². The van der Waals surface area contributed by atoms with Crippen LogP contribution >= 0.6 is 23.2 Å². The number of nitrogens with zero attached hydrogens (tertiary/aromatic N) is 3. The van der Waals surface area contributed by atoms with E-state index in [4.69, 9.17) is 27.9 Å². The van der Waals surface area contributed by atoms with Crippen LogP contribution < -0.4 is 4.90 Å². The van der Waals surface area contributed by atoms with E-state index in [0.717, 1.165) is 11.1 Å². The smallest absolute Gasteiger partial charge is 0.356 e. The molecule has 0 aliphatic carbocycles. The summed E-state index contributed by atoms with van der Waals surface area (Å²) in [5.74, 6) is -0.495. The van der Waals surface area contributed by atoms with E-state index < -0.39 is 11.5 Å². The van der Waals surface area contributed by atoms with Crippen molar-refractivity contribution in [1.82, 2.24) is 9.55 Å². The fraction of sp³-hybridized carbons (Fsp3) is 0.227. The molecule has 154 valence electrons. The summed E-state index contributed by atoms with van der Waals surface area (Å²) < 4.78 is 6.56. The molecule has 2 heterocycles. The van der Waals surface area contributed by atoms with Gasteiger partial charge in [0.1, 0.15) is 11.2 Å². The fourth-order valence-electron chi connectivity index (χ4n) is 3.82. The number of esters is 1. The average molecular weight is 444 g/mol. The second kappa shape index (κ2) is 7.45. The average Bonchev–Trinajstić information content (AvgIpc) is 3.21. The van der Waals surface area contributed by atoms with Gasteiger partial charge in [0.05, 0.1) is 19.0 Å². The summed E-state index contributed by atoms with van der Waals surface area (Å²) in [6, 6.07) is 12.8. The number of aryl methyl sites for hydroxylation is 1. The van der Waals surface area contributed by atoms with Gasteiger partial charge in [-0.05, 0) is 37.6 Å². The Labute approximate surface area is 184 Å². The summed E-state index contributed by atoms with van der Waals surface area (Å²) in [7, 11) is 1.30. The van der Waals surface area contributed by atoms with E-state index in [2.05, 4.69) is 4.98 Å². The van der Waals surface area contributed by atoms with Crippen molar-refractivity contribution in [3.8, 4) is 0 Å². The van der Waals surface area contributed by atoms with Crippen molar-refractivity contribution in [2.45, 2.75) is 25.8 Å². The van der Waals surface area contributed by atoms with Crippen LogP contribution in [-0.4, -0.2) is 28.5 Å². The number of rotatable bonds is 4. The van der Waals surface area contributed by atoms with Crippen LogP contribution in [0.1, 0.15) is 28.5 Å². The molecule has 8 heteroatoms. The third-order valence-corrected chi connectivity index (χ3v) is 5.71. The minimum absolute atomic E-state index is 0.200. The molecule has 0 bridgehead atoms. The number of amides is 1. The molecular weight excluding hydrogens is 425 g/mol. The van der Waals surface area contributed by atoms with Crippen molar-refractivity contribution in [2.75, 3.05) is 12.0 Å². The first-order valence-corrected chi connectivity index (χ1v) is 10.0. The molecule has 0 radical (unpaired) electrons. The van der Waals surface area contributed by atoms with Gasteiger partial charge in [-0.15, -0.1) is 0 Å². The Balaban J connectivity index is 1.89. The van der Waals surface area contributed by atoms with Crippen LogP contribution in [0.25, 0.3) is 0 Å². The molecule has 0 saturated carbocycles. The third kappa shape index (κ3) is 3.26. The van der Waals surface area contributed by atoms with Crippen molar-refractivity contribution >= 4 is 46.7 Å². The molecule has 4 rings (SSSR count). The molecule has 1 aliphatic heterocycles. The lowest BCUT2D eigenvalue weighted by molar-refractivity contribution is -0.123. The summed E-state index contributed by atoms with van der Waals surface area (Å²) in [5.41, 5.74) is 1.66. The second-order valence-corrected chi connectivity index (χ2v) is 8.35. The van der Waals surface area contributed by atoms with E-state index in [9.17, 15) is 9.59 Å². The van der Waals surface area contributed by atoms with E-state index >= 15 is 0 Å². The van der Waals surface area contributed by atoms with Gasteiger partial charge >= 0.3 is 5.97 Å². The first-order valence-electron chi connectivity index (χ1n) is 9.27. The first kappa shape index (κ1) is 20.4. The Morgan fingerprint density at radius 2 is 1.77 bits per heavy atom. The summed E-state index contributed by atoms with van der Waals surface area (Å²) in [6.07, 6.45) is 1.78. The predicted octanol–water partition coefficient (Wildman–Crippen LogP) is 4.92. The molecule has 0 fully saturated rings. The Morgan fingerprint density at radius 3 is 2.37 bits per heavy atom. The fourth-order valence-corrected chi connectivity index (χ4v) is 4.34. The lowest BCUT2D eigenvalue weighted by Crippen LogP contribution is -2.42. The lowest BCUT2D eigenvalue weighted by Gasteiger charge is -2.26. The van der Waals surface area contributed by atoms with Crippen molar-refractivity contribution in [1.29, 1.82) is 0 Å². The molecule has 0 saturated heterocycles. The van der Waals surface area contributed by atoms with Crippen LogP contribution in [0.4, 0.5) is 11.6 Å². The van der Waals surface area contributed by atoms with Gasteiger partial charge in [-0.1, -0.05) is 53.0 Å². The Hall–Kier alpha value is -2.83. The highest BCUT2D eigenvalue weighted by Gasteiger charge is 2.51. The first-order chi connectivity index (χ1) is 14.2. The molecule has 1 atom stereocenters. The maximum Gasteiger partial charge on any atom is 0.356 e. The molecule has 2 aromatic carbocycles. The maximum absolute atomic E-state index is 13.7. The van der Waals surface area contributed by atoms with Gasteiger partial charge in [0.25, 0.3) is 5.91 Å². The highest BCUT2D eigenvalue weighted by Crippen LogP contribution is 2.43. The summed E-state index contributed by atoms with van der Waals surface area (Å²) >= 11 is 12.3. The summed E-state index contributed by atoms with van der Waals surface area (Å²) in [4.78, 5) is 32.0. The van der Waals surface area contributed by atoms with Gasteiger partial charge in [-0.2, -0.15) is 0 Å². The molecule has 6 nitrogen and oxygen atoms in total. The van der Waals surface area contributed by atoms with Gasteiger partial charge in [0.15, 0.2) is 0 Å². The number of halogens is 2. The van der Waals surface area contributed by atoms with E-state index in [0.29, 0.717) is 28.1 Å². The van der Waals surface area contributed by atoms with Crippen LogP contribution in [-0.2, 0) is 21.5 Å². The number of imidazole rings is 1. The van der Waals surface area contributed by atoms with Crippen LogP contribution in [0.15, 0.2) is 48.7 Å². The number of ether oxygens (including phenoxy) is 1. The number of hydrogen-bond donors (Lipinski definition) is 0. The van der Waals surface area contributed by atoms with E-state index in [1.807, 2.05) is 31.2 Å². The number of benzene rings is 2. The number of aromatic nitrogens is 2. The zero-order valence-electron chi connectivity index (χ0n) is 16.6. The van der Waals surface area contributed by atoms with Gasteiger partial charge in [0, 0.05) is 16.5 Å². The number of fused-ring (bicyclic) bond motifs is 1. The molecule has 30 heavy (non-hydrogen) atoms. The number of carbonyl (C=O) groups is 2. The molecule has 1 amide bonds. The Morgan fingerprint density at radius 1 is 1.13 bits per heavy atom. The Kier molecular flexibility index (Phi) is 5.08. The number of methoxy groups -OCH3 is 1. The number of hydrogen-bond acceptors (Lipinski definition) is 4. The minimum atomic E-state index is -1.10. The molecule has 1 aromatic heterocycles. The quantitative estimate of drug-likeness (QED) is 0.536. The minimum Gasteiger partial charge on any atom is -0.464 e. The van der Waals surface area contributed by atoms with Crippen molar-refractivity contribution < 1.29 is 14.3 Å². The van der Waals surface area contributed by atoms with Crippen LogP contribution in [0.2, 0.25) is 10.0 Å². The molecule has 1 aliphatic rings. The lowest BCUT2D eigenvalue weighted by atomic mass is 9.91. The SMILES string of the molecule is COC(=O)c1cnc2n1[C@](C)(Cc1ccc(C)cc1)C(=O)N2c1cc(Cl)cc(Cl)c1. The molecular formula is C22H19Cl2N3O3. The monoisotopic (exact) mass is 443 g/mol. The largest absolute Gasteiger partial charge is 0.464 e. The van der Waals surface area contributed by atoms with Crippen LogP contribution in [0.3, 0.4) is 0 Å². The van der Waals surface area contributed by atoms with Crippen LogP contribution in [0.5, 0.6) is 0 Å². The molecule has 0 unspecified atom stereocenters. The van der Waals surface area contributed by atoms with Crippen LogP contribution in [0, 0.1) is 6.92 Å². The third-order valence-electron chi connectivity index (χ3n) is 5.27. The second-order valence-electron chi connectivity index (χ2n) is 7.47. The molecule has 3 aromatic rings. The highest BCUT2D eigenvalue weighted by molar-refractivity contribution is 6.35. The number of carbonyl (C=O) groups excluding carboxylic acids is 2. The summed E-state index contributed by atoms with van der Waals surface area (Å²) in [6.45, 7) is 3.79. The van der Waals surface area contributed by atoms with E-state index in [-0.39, 0.29) is 11.6 Å². The van der Waals surface area contributed by atoms with Gasteiger partial charge in [-0.3, -0.25) is 9.36 Å². The zero-order valence-corrected chi connectivity index (χ0v) is 18.2. The molecule has 0 N–H and O–H groups in total. The molecule has 0 spiro atoms. The van der Waals surface area contributed by atoms with Gasteiger partial charge < -0.3 is 4.74 Å². The predicted molar refractivity (Wildman–Crippen MR) is 116 cm³/mol. The standard InChI is InChI=1S/C22H19Cl2N3O3/c1-13-4-6-14(7-5-13)11-22(2)20(29)26(17-9-15(23)8-16(24)10-17)21-25-12-18(27(21)22)19(28)30-3/h4-10,12H,11H2,1-3H3/t22-/m1/s1. The highest BCUT2D eigenvalue weighted by atomic mass is 35.5. The van der Waals surface area contributed by atoms with Gasteiger partial charge in [0.2, 0.25) is 5.95 Å². The topological polar surface area (TPSA) is 64.4 Å². The van der Waals surface area contributed by atoms with Crippen molar-refractivity contribution in [2.24, 2.45) is 0 Å². The number of anilines is 2. The Bertz CT molecular complexity index is 1140. The van der Waals surface area contributed by atoms with Crippen molar-refractivity contribution in [3.05, 3.63) is 75.5 Å². The summed E-state index contributed by atoms with van der Waals surface area (Å²) in [5, 5.41) is 0.785. The maximum atomic E-state index is 13.7. The zero-order chi connectivity index (χ0) is 21.6. The van der Waals surface area contributed by atoms with Gasteiger partial charge in [-0.25, -0.2) is 14.7 Å². The van der Waals surface area contributed by atoms with E-state index in [1.54, 1.807) is 29.7 Å².